The molecule has 0 spiro atoms. The second kappa shape index (κ2) is 13.7. The zero-order chi connectivity index (χ0) is 26.6. The minimum absolute atomic E-state index is 0.324. The zero-order valence-electron chi connectivity index (χ0n) is 20.7. The fraction of sp³-hybridized carbons (Fsp3) is 0.462. The lowest BCUT2D eigenvalue weighted by atomic mass is 9.97. The van der Waals surface area contributed by atoms with E-state index in [0.717, 1.165) is 24.2 Å². The molecule has 1 aromatic carbocycles. The number of alkyl carbamates (subject to hydrolysis) is 1. The van der Waals surface area contributed by atoms with Gasteiger partial charge in [0.05, 0.1) is 6.42 Å². The number of nitrogens with zero attached hydrogens (tertiary/aromatic N) is 1. The van der Waals surface area contributed by atoms with Gasteiger partial charge in [-0.2, -0.15) is 0 Å². The van der Waals surface area contributed by atoms with Crippen molar-refractivity contribution in [2.45, 2.75) is 71.1 Å². The molecule has 188 valence electrons. The summed E-state index contributed by atoms with van der Waals surface area (Å²) in [4.78, 5) is 51.6. The van der Waals surface area contributed by atoms with Crippen molar-refractivity contribution < 1.29 is 23.9 Å². The summed E-state index contributed by atoms with van der Waals surface area (Å²) in [7, 11) is 0. The Balaban J connectivity index is 3.40. The van der Waals surface area contributed by atoms with Gasteiger partial charge in [0.2, 0.25) is 11.8 Å². The van der Waals surface area contributed by atoms with Crippen LogP contribution in [0.3, 0.4) is 0 Å². The lowest BCUT2D eigenvalue weighted by Crippen LogP contribution is -2.52. The lowest BCUT2D eigenvalue weighted by molar-refractivity contribution is -0.139. The van der Waals surface area contributed by atoms with Crippen LogP contribution in [0, 0.1) is 24.8 Å². The van der Waals surface area contributed by atoms with Gasteiger partial charge in [-0.1, -0.05) is 50.3 Å². The highest BCUT2D eigenvalue weighted by atomic mass is 16.6. The lowest BCUT2D eigenvalue weighted by Gasteiger charge is -2.30. The van der Waals surface area contributed by atoms with Gasteiger partial charge in [-0.05, 0) is 33.3 Å². The highest BCUT2D eigenvalue weighted by Crippen LogP contribution is 2.25. The van der Waals surface area contributed by atoms with Crippen LogP contribution in [0.15, 0.2) is 24.3 Å². The van der Waals surface area contributed by atoms with Gasteiger partial charge < -0.3 is 21.1 Å². The first-order valence-electron chi connectivity index (χ1n) is 11.4. The van der Waals surface area contributed by atoms with Crippen molar-refractivity contribution in [1.29, 1.82) is 0 Å². The van der Waals surface area contributed by atoms with E-state index in [0.29, 0.717) is 17.7 Å². The fourth-order valence-corrected chi connectivity index (χ4v) is 3.23. The summed E-state index contributed by atoms with van der Waals surface area (Å²) >= 11 is 0. The molecule has 2 atom stereocenters. The maximum absolute atomic E-state index is 13.5. The third-order valence-corrected chi connectivity index (χ3v) is 4.77. The van der Waals surface area contributed by atoms with Crippen LogP contribution in [-0.2, 0) is 19.1 Å². The van der Waals surface area contributed by atoms with Crippen molar-refractivity contribution in [3.63, 3.8) is 0 Å². The predicted molar refractivity (Wildman–Crippen MR) is 132 cm³/mol. The molecule has 0 aliphatic heterocycles. The quantitative estimate of drug-likeness (QED) is 0.253. The van der Waals surface area contributed by atoms with Crippen molar-refractivity contribution in [3.8, 4) is 24.8 Å². The van der Waals surface area contributed by atoms with Crippen LogP contribution >= 0.6 is 0 Å². The van der Waals surface area contributed by atoms with Crippen molar-refractivity contribution in [3.05, 3.63) is 35.4 Å². The smallest absolute Gasteiger partial charge is 0.408 e. The summed E-state index contributed by atoms with van der Waals surface area (Å²) in [5.41, 5.74) is 5.13. The molecule has 9 nitrogen and oxygen atoms in total. The Hall–Kier alpha value is -3.98. The van der Waals surface area contributed by atoms with E-state index in [-0.39, 0.29) is 0 Å². The topological polar surface area (TPSA) is 131 Å². The number of ether oxygens (including phenoxy) is 1. The second-order valence-electron chi connectivity index (χ2n) is 8.84. The molecule has 9 heteroatoms. The Bertz CT molecular complexity index is 1000. The molecule has 1 rings (SSSR count). The van der Waals surface area contributed by atoms with Crippen LogP contribution < -0.4 is 16.4 Å². The van der Waals surface area contributed by atoms with Crippen LogP contribution in [0.25, 0.3) is 0 Å². The standard InChI is InChI=1S/C26H34N4O5/c1-7-10-13-16-28-23(32)22(19-15-12-11-14-18(19)8-2)30(9-3)24(33)20(17-21(27)31)29-25(34)35-26(4,5)6/h2-3,11-12,14-15,20,22H,7,10,13,16-17H2,1,4-6H3,(H2,27,31)(H,28,32)(H,29,34). The first-order valence-corrected chi connectivity index (χ1v) is 11.4. The van der Waals surface area contributed by atoms with Gasteiger partial charge in [-0.25, -0.2) is 4.79 Å². The van der Waals surface area contributed by atoms with E-state index in [9.17, 15) is 19.2 Å². The number of hydrogen-bond donors (Lipinski definition) is 3. The zero-order valence-corrected chi connectivity index (χ0v) is 20.7. The predicted octanol–water partition coefficient (Wildman–Crippen LogP) is 2.20. The number of nitrogens with one attached hydrogen (secondary N) is 2. The molecule has 0 aliphatic carbocycles. The second-order valence-corrected chi connectivity index (χ2v) is 8.84. The number of hydrogen-bond acceptors (Lipinski definition) is 5. The SMILES string of the molecule is C#Cc1ccccc1C(C(=O)NCCCCC)N(C#C)C(=O)C(CC(N)=O)NC(=O)OC(C)(C)C. The molecule has 0 saturated heterocycles. The molecule has 0 aromatic heterocycles. The first kappa shape index (κ1) is 29.1. The molecular formula is C26H34N4O5. The summed E-state index contributed by atoms with van der Waals surface area (Å²) in [5.74, 6) is 0.192. The Morgan fingerprint density at radius 3 is 2.34 bits per heavy atom. The molecule has 2 unspecified atom stereocenters. The summed E-state index contributed by atoms with van der Waals surface area (Å²) in [6.07, 6.45) is 12.4. The van der Waals surface area contributed by atoms with Crippen LogP contribution in [-0.4, -0.2) is 46.9 Å². The number of primary amides is 1. The van der Waals surface area contributed by atoms with Gasteiger partial charge in [0.1, 0.15) is 17.7 Å². The average molecular weight is 483 g/mol. The van der Waals surface area contributed by atoms with Gasteiger partial charge >= 0.3 is 6.09 Å². The molecule has 0 saturated carbocycles. The number of terminal acetylenes is 2. The molecule has 0 heterocycles. The average Bonchev–Trinajstić information content (AvgIpc) is 2.77. The molecule has 35 heavy (non-hydrogen) atoms. The highest BCUT2D eigenvalue weighted by Gasteiger charge is 2.37. The largest absolute Gasteiger partial charge is 0.444 e. The van der Waals surface area contributed by atoms with Gasteiger partial charge in [0, 0.05) is 23.7 Å². The van der Waals surface area contributed by atoms with E-state index in [1.165, 1.54) is 0 Å². The van der Waals surface area contributed by atoms with Gasteiger partial charge in [-0.3, -0.25) is 19.3 Å². The minimum atomic E-state index is -1.47. The van der Waals surface area contributed by atoms with E-state index < -0.39 is 47.9 Å². The molecular weight excluding hydrogens is 448 g/mol. The van der Waals surface area contributed by atoms with Crippen molar-refractivity contribution in [1.82, 2.24) is 15.5 Å². The van der Waals surface area contributed by atoms with Gasteiger partial charge in [0.15, 0.2) is 0 Å². The summed E-state index contributed by atoms with van der Waals surface area (Å²) in [5, 5.41) is 5.12. The number of unbranched alkanes of at least 4 members (excludes halogenated alkanes) is 2. The Morgan fingerprint density at radius 1 is 1.14 bits per heavy atom. The minimum Gasteiger partial charge on any atom is -0.444 e. The van der Waals surface area contributed by atoms with Crippen molar-refractivity contribution in [2.75, 3.05) is 6.54 Å². The molecule has 0 bridgehead atoms. The fourth-order valence-electron chi connectivity index (χ4n) is 3.23. The molecule has 0 fully saturated rings. The Labute approximate surface area is 207 Å². The molecule has 0 aliphatic rings. The van der Waals surface area contributed by atoms with E-state index in [4.69, 9.17) is 23.3 Å². The number of amides is 4. The van der Waals surface area contributed by atoms with Gasteiger partial charge in [-0.15, -0.1) is 6.42 Å². The van der Waals surface area contributed by atoms with Crippen LogP contribution in [0.4, 0.5) is 4.79 Å². The number of carbonyl (C=O) groups is 4. The van der Waals surface area contributed by atoms with E-state index in [1.54, 1.807) is 45.0 Å². The van der Waals surface area contributed by atoms with Crippen molar-refractivity contribution >= 4 is 23.8 Å². The normalized spacial score (nSPS) is 12.3. The van der Waals surface area contributed by atoms with Crippen LogP contribution in [0.1, 0.15) is 70.5 Å². The summed E-state index contributed by atoms with van der Waals surface area (Å²) in [6.45, 7) is 7.32. The highest BCUT2D eigenvalue weighted by molar-refractivity contribution is 5.95. The number of rotatable bonds is 11. The molecule has 0 radical (unpaired) electrons. The number of nitrogens with two attached hydrogens (primary N) is 1. The van der Waals surface area contributed by atoms with Crippen LogP contribution in [0.2, 0.25) is 0 Å². The molecule has 1 aromatic rings. The van der Waals surface area contributed by atoms with E-state index >= 15 is 0 Å². The molecule has 4 amide bonds. The third kappa shape index (κ3) is 9.42. The van der Waals surface area contributed by atoms with Crippen LogP contribution in [0.5, 0.6) is 0 Å². The van der Waals surface area contributed by atoms with Crippen molar-refractivity contribution in [2.24, 2.45) is 5.73 Å². The number of benzene rings is 1. The maximum Gasteiger partial charge on any atom is 0.408 e. The first-order chi connectivity index (χ1) is 16.4. The van der Waals surface area contributed by atoms with E-state index in [2.05, 4.69) is 22.6 Å². The summed E-state index contributed by atoms with van der Waals surface area (Å²) < 4.78 is 5.19. The summed E-state index contributed by atoms with van der Waals surface area (Å²) in [6, 6.07) is 6.00. The number of carbonyl (C=O) groups excluding carboxylic acids is 4. The Kier molecular flexibility index (Phi) is 11.3. The molecule has 4 N–H and O–H groups in total. The van der Waals surface area contributed by atoms with Gasteiger partial charge in [0.25, 0.3) is 5.91 Å². The maximum atomic E-state index is 13.5. The van der Waals surface area contributed by atoms with E-state index in [1.807, 2.05) is 6.92 Å². The Morgan fingerprint density at radius 2 is 1.80 bits per heavy atom. The monoisotopic (exact) mass is 482 g/mol. The third-order valence-electron chi connectivity index (χ3n) is 4.77.